The number of nitrogens with two attached hydrogens (primary N) is 1. The summed E-state index contributed by atoms with van der Waals surface area (Å²) in [6, 6.07) is -0.489. The molecular formula is C11H16N3O5P. The lowest BCUT2D eigenvalue weighted by Crippen LogP contribution is -2.37. The van der Waals surface area contributed by atoms with E-state index in [0.717, 1.165) is 0 Å². The molecule has 0 fully saturated rings. The molecule has 110 valence electrons. The minimum Gasteiger partial charge on any atom is -0.383 e. The first-order valence-corrected chi connectivity index (χ1v) is 7.62. The van der Waals surface area contributed by atoms with Crippen molar-refractivity contribution in [1.82, 2.24) is 9.55 Å². The Morgan fingerprint density at radius 3 is 2.65 bits per heavy atom. The van der Waals surface area contributed by atoms with Crippen molar-refractivity contribution in [2.75, 3.05) is 5.73 Å². The summed E-state index contributed by atoms with van der Waals surface area (Å²) in [4.78, 5) is 33.7. The monoisotopic (exact) mass is 301 g/mol. The van der Waals surface area contributed by atoms with Crippen molar-refractivity contribution >= 4 is 13.4 Å². The Balaban J connectivity index is 2.39. The lowest BCUT2D eigenvalue weighted by Gasteiger charge is -2.31. The number of aromatic nitrogens is 2. The molecule has 0 aliphatic carbocycles. The largest absolute Gasteiger partial charge is 0.383 e. The van der Waals surface area contributed by atoms with E-state index in [2.05, 4.69) is 4.98 Å². The number of nitrogens with zero attached hydrogens (tertiary/aromatic N) is 2. The summed E-state index contributed by atoms with van der Waals surface area (Å²) in [6.07, 6.45) is 3.78. The SMILES string of the molecule is Cc1cn(C2C=CC(P(=O)(O)O)OC2C)c(=O)nc1N. The second-order valence-corrected chi connectivity index (χ2v) is 6.38. The summed E-state index contributed by atoms with van der Waals surface area (Å²) in [5.41, 5.74) is 5.66. The predicted octanol–water partition coefficient (Wildman–Crippen LogP) is 0.154. The maximum absolute atomic E-state index is 11.8. The Hall–Kier alpha value is -1.47. The quantitative estimate of drug-likeness (QED) is 0.524. The van der Waals surface area contributed by atoms with E-state index in [1.54, 1.807) is 20.0 Å². The number of ether oxygens (including phenoxy) is 1. The van der Waals surface area contributed by atoms with E-state index in [1.807, 2.05) is 0 Å². The van der Waals surface area contributed by atoms with Crippen LogP contribution in [0.25, 0.3) is 0 Å². The van der Waals surface area contributed by atoms with Crippen molar-refractivity contribution in [1.29, 1.82) is 0 Å². The van der Waals surface area contributed by atoms with Gasteiger partial charge in [0.25, 0.3) is 0 Å². The molecule has 1 aromatic heterocycles. The van der Waals surface area contributed by atoms with Crippen LogP contribution in [0.5, 0.6) is 0 Å². The van der Waals surface area contributed by atoms with Gasteiger partial charge in [0.2, 0.25) is 0 Å². The molecule has 3 atom stereocenters. The van der Waals surface area contributed by atoms with Gasteiger partial charge >= 0.3 is 13.3 Å². The summed E-state index contributed by atoms with van der Waals surface area (Å²) in [6.45, 7) is 3.35. The fraction of sp³-hybridized carbons (Fsp3) is 0.455. The van der Waals surface area contributed by atoms with E-state index in [0.29, 0.717) is 5.56 Å². The van der Waals surface area contributed by atoms with Crippen molar-refractivity contribution in [3.63, 3.8) is 0 Å². The summed E-state index contributed by atoms with van der Waals surface area (Å²) >= 11 is 0. The maximum Gasteiger partial charge on any atom is 0.357 e. The van der Waals surface area contributed by atoms with Crippen LogP contribution in [0.1, 0.15) is 18.5 Å². The first-order valence-electron chi connectivity index (χ1n) is 5.94. The van der Waals surface area contributed by atoms with Gasteiger partial charge in [-0.1, -0.05) is 6.08 Å². The molecule has 20 heavy (non-hydrogen) atoms. The minimum atomic E-state index is -4.36. The highest BCUT2D eigenvalue weighted by Crippen LogP contribution is 2.45. The second-order valence-electron chi connectivity index (χ2n) is 4.70. The lowest BCUT2D eigenvalue weighted by molar-refractivity contribution is 0.0173. The first-order chi connectivity index (χ1) is 9.20. The van der Waals surface area contributed by atoms with Crippen molar-refractivity contribution in [2.45, 2.75) is 31.8 Å². The molecule has 2 heterocycles. The number of rotatable bonds is 2. The summed E-state index contributed by atoms with van der Waals surface area (Å²) in [5, 5.41) is 0. The van der Waals surface area contributed by atoms with Gasteiger partial charge in [0.1, 0.15) is 5.82 Å². The molecule has 0 radical (unpaired) electrons. The molecule has 0 aromatic carbocycles. The Kier molecular flexibility index (Phi) is 3.84. The zero-order valence-corrected chi connectivity index (χ0v) is 11.9. The molecule has 1 aromatic rings. The topological polar surface area (TPSA) is 128 Å². The summed E-state index contributed by atoms with van der Waals surface area (Å²) in [7, 11) is -4.36. The van der Waals surface area contributed by atoms with E-state index in [9.17, 15) is 9.36 Å². The Labute approximate surface area is 115 Å². The Bertz CT molecular complexity index is 650. The van der Waals surface area contributed by atoms with Crippen LogP contribution in [0.15, 0.2) is 23.1 Å². The molecular weight excluding hydrogens is 285 g/mol. The van der Waals surface area contributed by atoms with Crippen molar-refractivity contribution in [2.24, 2.45) is 0 Å². The number of nitrogen functional groups attached to an aromatic ring is 1. The molecule has 4 N–H and O–H groups in total. The number of hydrogen-bond donors (Lipinski definition) is 3. The molecule has 1 aliphatic heterocycles. The number of anilines is 1. The van der Waals surface area contributed by atoms with Gasteiger partial charge in [0.05, 0.1) is 12.1 Å². The van der Waals surface area contributed by atoms with Gasteiger partial charge < -0.3 is 20.3 Å². The molecule has 0 saturated heterocycles. The van der Waals surface area contributed by atoms with Crippen LogP contribution in [-0.4, -0.2) is 31.3 Å². The van der Waals surface area contributed by atoms with Crippen LogP contribution in [0.4, 0.5) is 5.82 Å². The molecule has 8 nitrogen and oxygen atoms in total. The second kappa shape index (κ2) is 5.14. The third-order valence-electron chi connectivity index (χ3n) is 3.13. The van der Waals surface area contributed by atoms with Gasteiger partial charge in [-0.2, -0.15) is 4.98 Å². The minimum absolute atomic E-state index is 0.160. The van der Waals surface area contributed by atoms with Crippen molar-refractivity contribution in [3.8, 4) is 0 Å². The average Bonchev–Trinajstić information content (AvgIpc) is 2.33. The third kappa shape index (κ3) is 2.83. The Morgan fingerprint density at radius 2 is 2.10 bits per heavy atom. The number of aryl methyl sites for hydroxylation is 1. The van der Waals surface area contributed by atoms with Gasteiger partial charge in [0.15, 0.2) is 5.85 Å². The molecule has 0 spiro atoms. The van der Waals surface area contributed by atoms with Gasteiger partial charge in [-0.25, -0.2) is 4.79 Å². The average molecular weight is 301 g/mol. The van der Waals surface area contributed by atoms with Crippen LogP contribution in [0, 0.1) is 6.92 Å². The van der Waals surface area contributed by atoms with Gasteiger partial charge in [-0.05, 0) is 19.9 Å². The molecule has 1 aliphatic rings. The molecule has 2 rings (SSSR count). The van der Waals surface area contributed by atoms with Gasteiger partial charge in [-0.3, -0.25) is 9.13 Å². The molecule has 9 heteroatoms. The van der Waals surface area contributed by atoms with E-state index < -0.39 is 31.3 Å². The van der Waals surface area contributed by atoms with Crippen LogP contribution in [0.3, 0.4) is 0 Å². The van der Waals surface area contributed by atoms with Crippen molar-refractivity contribution < 1.29 is 19.1 Å². The fourth-order valence-electron chi connectivity index (χ4n) is 2.01. The maximum atomic E-state index is 11.8. The normalized spacial score (nSPS) is 26.7. The number of hydrogen-bond acceptors (Lipinski definition) is 5. The van der Waals surface area contributed by atoms with Crippen LogP contribution >= 0.6 is 7.60 Å². The van der Waals surface area contributed by atoms with Crippen LogP contribution in [-0.2, 0) is 9.30 Å². The summed E-state index contributed by atoms with van der Waals surface area (Å²) < 4.78 is 17.8. The van der Waals surface area contributed by atoms with Crippen LogP contribution < -0.4 is 11.4 Å². The molecule has 0 saturated carbocycles. The summed E-state index contributed by atoms with van der Waals surface area (Å²) in [5.74, 6) is -1.13. The highest BCUT2D eigenvalue weighted by atomic mass is 31.2. The van der Waals surface area contributed by atoms with Gasteiger partial charge in [-0.15, -0.1) is 0 Å². The smallest absolute Gasteiger partial charge is 0.357 e. The standard InChI is InChI=1S/C11H16N3O5P/c1-6-5-14(11(15)13-10(6)12)8-3-4-9(19-7(8)2)20(16,17)18/h3-5,7-9H,1-2H3,(H2,12,13,15)(H2,16,17,18). The van der Waals surface area contributed by atoms with Gasteiger partial charge in [0, 0.05) is 11.8 Å². The first kappa shape index (κ1) is 14.9. The van der Waals surface area contributed by atoms with E-state index in [1.165, 1.54) is 16.7 Å². The van der Waals surface area contributed by atoms with E-state index in [4.69, 9.17) is 20.3 Å². The highest BCUT2D eigenvalue weighted by Gasteiger charge is 2.35. The molecule has 3 unspecified atom stereocenters. The van der Waals surface area contributed by atoms with Crippen molar-refractivity contribution in [3.05, 3.63) is 34.4 Å². The predicted molar refractivity (Wildman–Crippen MR) is 72.2 cm³/mol. The molecule has 0 amide bonds. The third-order valence-corrected chi connectivity index (χ3v) is 4.09. The van der Waals surface area contributed by atoms with Crippen LogP contribution in [0.2, 0.25) is 0 Å². The van der Waals surface area contributed by atoms with E-state index in [-0.39, 0.29) is 5.82 Å². The zero-order chi connectivity index (χ0) is 15.1. The molecule has 0 bridgehead atoms. The lowest BCUT2D eigenvalue weighted by atomic mass is 10.1. The Morgan fingerprint density at radius 1 is 1.45 bits per heavy atom. The highest BCUT2D eigenvalue weighted by molar-refractivity contribution is 7.52. The van der Waals surface area contributed by atoms with E-state index >= 15 is 0 Å². The fourth-order valence-corrected chi connectivity index (χ4v) is 2.69. The zero-order valence-electron chi connectivity index (χ0n) is 11.0.